The van der Waals surface area contributed by atoms with Crippen LogP contribution in [0.5, 0.6) is 0 Å². The highest BCUT2D eigenvalue weighted by Gasteiger charge is 2.26. The number of carbonyl (C=O) groups excluding carboxylic acids is 1. The van der Waals surface area contributed by atoms with Crippen molar-refractivity contribution >= 4 is 34.4 Å². The van der Waals surface area contributed by atoms with E-state index in [1.54, 1.807) is 29.2 Å². The van der Waals surface area contributed by atoms with Crippen molar-refractivity contribution in [1.29, 1.82) is 0 Å². The summed E-state index contributed by atoms with van der Waals surface area (Å²) in [4.78, 5) is 25.1. The number of carboxylic acids is 1. The van der Waals surface area contributed by atoms with Gasteiger partial charge < -0.3 is 14.4 Å². The highest BCUT2D eigenvalue weighted by Crippen LogP contribution is 2.26. The number of nitrogens with zero attached hydrogens (tertiary/aromatic N) is 1. The van der Waals surface area contributed by atoms with Crippen LogP contribution in [0.2, 0.25) is 5.02 Å². The van der Waals surface area contributed by atoms with Crippen molar-refractivity contribution in [3.63, 3.8) is 0 Å². The van der Waals surface area contributed by atoms with Crippen LogP contribution in [0.4, 0.5) is 0 Å². The number of amides is 1. The maximum Gasteiger partial charge on any atom is 0.303 e. The Morgan fingerprint density at radius 1 is 1.35 bits per heavy atom. The molecule has 2 heterocycles. The van der Waals surface area contributed by atoms with Crippen LogP contribution in [0.3, 0.4) is 0 Å². The molecule has 0 saturated carbocycles. The fourth-order valence-electron chi connectivity index (χ4n) is 3.09. The average Bonchev–Trinajstić information content (AvgIpc) is 2.95. The minimum atomic E-state index is -0.789. The zero-order valence-corrected chi connectivity index (χ0v) is 13.4. The molecule has 1 saturated heterocycles. The van der Waals surface area contributed by atoms with E-state index in [-0.39, 0.29) is 18.2 Å². The molecular weight excluding hydrogens is 318 g/mol. The van der Waals surface area contributed by atoms with E-state index < -0.39 is 5.97 Å². The highest BCUT2D eigenvalue weighted by molar-refractivity contribution is 6.31. The lowest BCUT2D eigenvalue weighted by Gasteiger charge is -2.32. The van der Waals surface area contributed by atoms with Crippen LogP contribution in [0, 0.1) is 5.92 Å². The molecule has 1 aromatic carbocycles. The SMILES string of the molecule is O=C(O)CC[C@H]1CCCN(C(=O)c2cc3cc(Cl)ccc3o2)C1. The summed E-state index contributed by atoms with van der Waals surface area (Å²) in [6.45, 7) is 1.27. The Labute approximate surface area is 138 Å². The Kier molecular flexibility index (Phi) is 4.57. The van der Waals surface area contributed by atoms with E-state index in [2.05, 4.69) is 0 Å². The number of carboxylic acid groups (broad SMARTS) is 1. The van der Waals surface area contributed by atoms with Crippen molar-refractivity contribution in [3.05, 3.63) is 35.0 Å². The monoisotopic (exact) mass is 335 g/mol. The van der Waals surface area contributed by atoms with E-state index >= 15 is 0 Å². The number of hydrogen-bond acceptors (Lipinski definition) is 3. The summed E-state index contributed by atoms with van der Waals surface area (Å²) in [5.74, 6) is -0.385. The first kappa shape index (κ1) is 15.9. The molecule has 1 N–H and O–H groups in total. The number of hydrogen-bond donors (Lipinski definition) is 1. The standard InChI is InChI=1S/C17H18ClNO4/c18-13-4-5-14-12(8-13)9-15(23-14)17(22)19-7-1-2-11(10-19)3-6-16(20)21/h4-5,8-9,11H,1-3,6-7,10H2,(H,20,21)/t11-/m1/s1. The molecule has 3 rings (SSSR count). The van der Waals surface area contributed by atoms with E-state index in [0.29, 0.717) is 35.9 Å². The van der Waals surface area contributed by atoms with E-state index in [0.717, 1.165) is 18.2 Å². The molecule has 1 atom stereocenters. The van der Waals surface area contributed by atoms with Crippen molar-refractivity contribution in [1.82, 2.24) is 4.90 Å². The predicted octanol–water partition coefficient (Wildman–Crippen LogP) is 3.80. The lowest BCUT2D eigenvalue weighted by molar-refractivity contribution is -0.137. The van der Waals surface area contributed by atoms with Crippen LogP contribution < -0.4 is 0 Å². The third-order valence-electron chi connectivity index (χ3n) is 4.26. The summed E-state index contributed by atoms with van der Waals surface area (Å²) < 4.78 is 5.63. The molecule has 1 aliphatic rings. The highest BCUT2D eigenvalue weighted by atomic mass is 35.5. The normalized spacial score (nSPS) is 18.3. The van der Waals surface area contributed by atoms with E-state index in [1.807, 2.05) is 0 Å². The maximum atomic E-state index is 12.6. The molecule has 0 spiro atoms. The Bertz CT molecular complexity index is 739. The fourth-order valence-corrected chi connectivity index (χ4v) is 3.27. The third-order valence-corrected chi connectivity index (χ3v) is 4.50. The van der Waals surface area contributed by atoms with Crippen LogP contribution in [0.25, 0.3) is 11.0 Å². The van der Waals surface area contributed by atoms with Gasteiger partial charge in [-0.3, -0.25) is 9.59 Å². The Morgan fingerprint density at radius 2 is 2.17 bits per heavy atom. The second kappa shape index (κ2) is 6.62. The summed E-state index contributed by atoms with van der Waals surface area (Å²) in [5, 5.41) is 10.2. The number of aliphatic carboxylic acids is 1. The van der Waals surface area contributed by atoms with E-state index in [1.165, 1.54) is 0 Å². The molecule has 0 unspecified atom stereocenters. The predicted molar refractivity (Wildman–Crippen MR) is 86.7 cm³/mol. The van der Waals surface area contributed by atoms with Crippen LogP contribution in [-0.2, 0) is 4.79 Å². The number of rotatable bonds is 4. The second-order valence-electron chi connectivity index (χ2n) is 5.98. The van der Waals surface area contributed by atoms with E-state index in [9.17, 15) is 9.59 Å². The molecule has 0 bridgehead atoms. The van der Waals surface area contributed by atoms with Crippen LogP contribution in [0.15, 0.2) is 28.7 Å². The fraction of sp³-hybridized carbons (Fsp3) is 0.412. The average molecular weight is 336 g/mol. The van der Waals surface area contributed by atoms with Crippen molar-refractivity contribution in [3.8, 4) is 0 Å². The minimum Gasteiger partial charge on any atom is -0.481 e. The Morgan fingerprint density at radius 3 is 2.96 bits per heavy atom. The summed E-state index contributed by atoms with van der Waals surface area (Å²) in [7, 11) is 0. The van der Waals surface area contributed by atoms with Crippen molar-refractivity contribution < 1.29 is 19.1 Å². The first-order valence-corrected chi connectivity index (χ1v) is 8.11. The second-order valence-corrected chi connectivity index (χ2v) is 6.42. The summed E-state index contributed by atoms with van der Waals surface area (Å²) in [6, 6.07) is 6.96. The molecule has 23 heavy (non-hydrogen) atoms. The van der Waals surface area contributed by atoms with Crippen molar-refractivity contribution in [2.75, 3.05) is 13.1 Å². The Hall–Kier alpha value is -2.01. The smallest absolute Gasteiger partial charge is 0.303 e. The molecule has 5 nitrogen and oxygen atoms in total. The summed E-state index contributed by atoms with van der Waals surface area (Å²) in [6.07, 6.45) is 2.61. The molecule has 1 fully saturated rings. The largest absolute Gasteiger partial charge is 0.481 e. The van der Waals surface area contributed by atoms with Gasteiger partial charge in [0.1, 0.15) is 5.58 Å². The molecule has 6 heteroatoms. The van der Waals surface area contributed by atoms with Gasteiger partial charge >= 0.3 is 5.97 Å². The molecule has 1 aromatic heterocycles. The number of likely N-dealkylation sites (tertiary alicyclic amines) is 1. The number of halogens is 1. The van der Waals surface area contributed by atoms with Crippen LogP contribution in [-0.4, -0.2) is 35.0 Å². The number of benzene rings is 1. The minimum absolute atomic E-state index is 0.141. The number of piperidine rings is 1. The lowest BCUT2D eigenvalue weighted by atomic mass is 9.93. The van der Waals surface area contributed by atoms with Crippen molar-refractivity contribution in [2.45, 2.75) is 25.7 Å². The lowest BCUT2D eigenvalue weighted by Crippen LogP contribution is -2.39. The molecule has 122 valence electrons. The molecule has 2 aromatic rings. The topological polar surface area (TPSA) is 70.8 Å². The molecule has 1 amide bonds. The maximum absolute atomic E-state index is 12.6. The third kappa shape index (κ3) is 3.67. The van der Waals surface area contributed by atoms with Gasteiger partial charge in [0.05, 0.1) is 0 Å². The zero-order chi connectivity index (χ0) is 16.4. The van der Waals surface area contributed by atoms with Gasteiger partial charge in [-0.15, -0.1) is 0 Å². The van der Waals surface area contributed by atoms with Gasteiger partial charge in [0.2, 0.25) is 0 Å². The van der Waals surface area contributed by atoms with Gasteiger partial charge in [0.25, 0.3) is 5.91 Å². The van der Waals surface area contributed by atoms with Crippen molar-refractivity contribution in [2.24, 2.45) is 5.92 Å². The Balaban J connectivity index is 1.71. The summed E-state index contributed by atoms with van der Waals surface area (Å²) in [5.41, 5.74) is 0.636. The zero-order valence-electron chi connectivity index (χ0n) is 12.6. The van der Waals surface area contributed by atoms with E-state index in [4.69, 9.17) is 21.1 Å². The first-order valence-electron chi connectivity index (χ1n) is 7.73. The van der Waals surface area contributed by atoms with Crippen LogP contribution in [0.1, 0.15) is 36.2 Å². The quantitative estimate of drug-likeness (QED) is 0.922. The number of fused-ring (bicyclic) bond motifs is 1. The van der Waals surface area contributed by atoms with Gasteiger partial charge in [-0.05, 0) is 49.4 Å². The van der Waals surface area contributed by atoms with Crippen LogP contribution >= 0.6 is 11.6 Å². The summed E-state index contributed by atoms with van der Waals surface area (Å²) >= 11 is 5.95. The molecule has 0 aliphatic carbocycles. The first-order chi connectivity index (χ1) is 11.0. The van der Waals surface area contributed by atoms with Gasteiger partial charge in [0, 0.05) is 29.9 Å². The van der Waals surface area contributed by atoms with Gasteiger partial charge in [-0.1, -0.05) is 11.6 Å². The number of furan rings is 1. The van der Waals surface area contributed by atoms with Gasteiger partial charge in [-0.25, -0.2) is 0 Å². The van der Waals surface area contributed by atoms with Gasteiger partial charge in [0.15, 0.2) is 5.76 Å². The van der Waals surface area contributed by atoms with Gasteiger partial charge in [-0.2, -0.15) is 0 Å². The molecule has 1 aliphatic heterocycles. The molecule has 0 radical (unpaired) electrons. The number of carbonyl (C=O) groups is 2. The molecular formula is C17H18ClNO4.